The molecule has 2 aliphatic heterocycles. The van der Waals surface area contributed by atoms with Crippen molar-refractivity contribution in [2.45, 2.75) is 96.4 Å². The predicted octanol–water partition coefficient (Wildman–Crippen LogP) is 6.39. The number of nitrogens with zero attached hydrogens (tertiary/aromatic N) is 5. The SMILES string of the molecule is CN1NN=NC1CNC(=O)C1=CC=C(C(CCC(C)(C)C)N2C(=O)C(c3cc(Cl)cc(Cl)c3)=NC23CCCCC3)CC1. The summed E-state index contributed by atoms with van der Waals surface area (Å²) in [5, 5.41) is 13.5. The molecule has 5 rings (SSSR count). The van der Waals surface area contributed by atoms with Crippen LogP contribution in [-0.4, -0.2) is 58.9 Å². The average Bonchev–Trinajstić information content (AvgIpc) is 3.47. The molecular weight excluding hydrogens is 573 g/mol. The van der Waals surface area contributed by atoms with Gasteiger partial charge in [0.15, 0.2) is 6.17 Å². The third-order valence-corrected chi connectivity index (χ3v) is 9.08. The number of aliphatic imine (C=N–C) groups is 1. The van der Waals surface area contributed by atoms with Crippen LogP contribution in [0.1, 0.15) is 84.1 Å². The third kappa shape index (κ3) is 6.74. The molecule has 42 heavy (non-hydrogen) atoms. The van der Waals surface area contributed by atoms with Gasteiger partial charge in [-0.05, 0) is 80.6 Å². The molecule has 0 aromatic heterocycles. The lowest BCUT2D eigenvalue weighted by molar-refractivity contribution is -0.131. The minimum atomic E-state index is -0.583. The maximum atomic E-state index is 14.4. The molecule has 0 bridgehead atoms. The molecule has 11 heteroatoms. The second kappa shape index (κ2) is 12.5. The van der Waals surface area contributed by atoms with Gasteiger partial charge in [-0.1, -0.05) is 67.8 Å². The maximum absolute atomic E-state index is 14.4. The molecule has 0 saturated heterocycles. The van der Waals surface area contributed by atoms with Crippen molar-refractivity contribution in [2.24, 2.45) is 20.7 Å². The number of rotatable bonds is 8. The molecule has 1 spiro atoms. The molecule has 2 aliphatic carbocycles. The van der Waals surface area contributed by atoms with Gasteiger partial charge in [-0.3, -0.25) is 14.6 Å². The van der Waals surface area contributed by atoms with Crippen molar-refractivity contribution in [2.75, 3.05) is 13.6 Å². The summed E-state index contributed by atoms with van der Waals surface area (Å²) in [5.74, 6) is -0.164. The van der Waals surface area contributed by atoms with E-state index < -0.39 is 5.66 Å². The Hall–Kier alpha value is -2.75. The number of amides is 2. The van der Waals surface area contributed by atoms with Crippen LogP contribution in [-0.2, 0) is 9.59 Å². The zero-order valence-corrected chi connectivity index (χ0v) is 26.4. The van der Waals surface area contributed by atoms with Gasteiger partial charge < -0.3 is 10.2 Å². The van der Waals surface area contributed by atoms with E-state index in [0.717, 1.165) is 50.5 Å². The van der Waals surface area contributed by atoms with Crippen LogP contribution in [0, 0.1) is 5.41 Å². The van der Waals surface area contributed by atoms with Crippen LogP contribution in [0.3, 0.4) is 0 Å². The smallest absolute Gasteiger partial charge is 0.275 e. The molecule has 1 aromatic rings. The number of nitrogens with one attached hydrogen (secondary N) is 2. The fourth-order valence-electron chi connectivity index (χ4n) is 6.35. The van der Waals surface area contributed by atoms with Gasteiger partial charge in [0.1, 0.15) is 11.4 Å². The number of benzene rings is 1. The third-order valence-electron chi connectivity index (χ3n) is 8.65. The minimum Gasteiger partial charge on any atom is -0.349 e. The summed E-state index contributed by atoms with van der Waals surface area (Å²) < 4.78 is 0. The Kier molecular flexibility index (Phi) is 9.11. The first-order valence-electron chi connectivity index (χ1n) is 14.9. The van der Waals surface area contributed by atoms with E-state index in [2.05, 4.69) is 52.9 Å². The topological polar surface area (TPSA) is 102 Å². The van der Waals surface area contributed by atoms with Crippen molar-refractivity contribution >= 4 is 40.7 Å². The highest BCUT2D eigenvalue weighted by molar-refractivity contribution is 6.48. The van der Waals surface area contributed by atoms with E-state index in [1.54, 1.807) is 23.2 Å². The standard InChI is InChI=1S/C31H41Cl2N7O2/c1-30(2,3)15-12-25(20-8-10-21(11-9-20)28(41)34-19-26-36-37-38-39(26)4)40-29(42)27(22-16-23(32)18-24(33)17-22)35-31(40)13-6-5-7-14-31/h8,10,16-18,25-26H,5-7,9,11-15,19H2,1-4H3,(H,34,41)(H,36,38). The molecule has 1 fully saturated rings. The number of likely N-dealkylation sites (N-methyl/N-ethyl adjacent to an activating group) is 1. The number of halogens is 2. The largest absolute Gasteiger partial charge is 0.349 e. The lowest BCUT2D eigenvalue weighted by Crippen LogP contribution is -2.54. The molecule has 2 atom stereocenters. The van der Waals surface area contributed by atoms with Gasteiger partial charge in [0.25, 0.3) is 5.91 Å². The van der Waals surface area contributed by atoms with Crippen LogP contribution in [0.5, 0.6) is 0 Å². The van der Waals surface area contributed by atoms with Gasteiger partial charge in [-0.2, -0.15) is 5.01 Å². The summed E-state index contributed by atoms with van der Waals surface area (Å²) in [6.45, 7) is 7.07. The second-order valence-corrected chi connectivity index (χ2v) is 13.9. The first-order chi connectivity index (χ1) is 20.0. The van der Waals surface area contributed by atoms with Crippen LogP contribution in [0.25, 0.3) is 0 Å². The summed E-state index contributed by atoms with van der Waals surface area (Å²) in [6, 6.07) is 5.11. The van der Waals surface area contributed by atoms with Crippen LogP contribution in [0.15, 0.2) is 56.8 Å². The number of carbonyl (C=O) groups excluding carboxylic acids is 2. The van der Waals surface area contributed by atoms with Gasteiger partial charge in [0, 0.05) is 28.2 Å². The predicted molar refractivity (Wildman–Crippen MR) is 166 cm³/mol. The molecular formula is C31H41Cl2N7O2. The Morgan fingerprint density at radius 1 is 1.12 bits per heavy atom. The Balaban J connectivity index is 1.44. The zero-order valence-electron chi connectivity index (χ0n) is 24.9. The molecule has 2 heterocycles. The zero-order chi connectivity index (χ0) is 30.1. The van der Waals surface area contributed by atoms with Gasteiger partial charge in [-0.15, -0.1) is 5.11 Å². The molecule has 4 aliphatic rings. The van der Waals surface area contributed by atoms with Crippen LogP contribution in [0.2, 0.25) is 10.0 Å². The van der Waals surface area contributed by atoms with Gasteiger partial charge >= 0.3 is 0 Å². The van der Waals surface area contributed by atoms with E-state index >= 15 is 0 Å². The normalized spacial score (nSPS) is 23.0. The lowest BCUT2D eigenvalue weighted by Gasteiger charge is -2.45. The first kappa shape index (κ1) is 30.7. The quantitative estimate of drug-likeness (QED) is 0.355. The van der Waals surface area contributed by atoms with E-state index in [1.807, 2.05) is 13.1 Å². The number of hydrogen-bond donors (Lipinski definition) is 2. The van der Waals surface area contributed by atoms with Crippen LogP contribution < -0.4 is 10.9 Å². The van der Waals surface area contributed by atoms with Gasteiger partial charge in [-0.25, -0.2) is 5.53 Å². The van der Waals surface area contributed by atoms with Gasteiger partial charge in [0.05, 0.1) is 12.6 Å². The average molecular weight is 615 g/mol. The summed E-state index contributed by atoms with van der Waals surface area (Å²) in [5.41, 5.74) is 5.27. The van der Waals surface area contributed by atoms with Crippen molar-refractivity contribution in [1.29, 1.82) is 0 Å². The van der Waals surface area contributed by atoms with E-state index in [0.29, 0.717) is 40.7 Å². The molecule has 9 nitrogen and oxygen atoms in total. The van der Waals surface area contributed by atoms with Crippen LogP contribution in [0.4, 0.5) is 0 Å². The van der Waals surface area contributed by atoms with E-state index in [9.17, 15) is 9.59 Å². The molecule has 2 unspecified atom stereocenters. The first-order valence-corrected chi connectivity index (χ1v) is 15.7. The van der Waals surface area contributed by atoms with Crippen molar-refractivity contribution in [3.8, 4) is 0 Å². The Bertz CT molecular complexity index is 1320. The molecule has 226 valence electrons. The molecule has 2 N–H and O–H groups in total. The highest BCUT2D eigenvalue weighted by atomic mass is 35.5. The Morgan fingerprint density at radius 2 is 1.83 bits per heavy atom. The van der Waals surface area contributed by atoms with E-state index in [-0.39, 0.29) is 29.4 Å². The fraction of sp³-hybridized carbons (Fsp3) is 0.581. The fourth-order valence-corrected chi connectivity index (χ4v) is 6.87. The second-order valence-electron chi connectivity index (χ2n) is 13.0. The van der Waals surface area contributed by atoms with E-state index in [1.165, 1.54) is 5.57 Å². The highest BCUT2D eigenvalue weighted by Gasteiger charge is 2.51. The monoisotopic (exact) mass is 613 g/mol. The summed E-state index contributed by atoms with van der Waals surface area (Å²) in [4.78, 5) is 34.7. The van der Waals surface area contributed by atoms with Crippen molar-refractivity contribution < 1.29 is 9.59 Å². The van der Waals surface area contributed by atoms with Crippen molar-refractivity contribution in [3.63, 3.8) is 0 Å². The molecule has 1 saturated carbocycles. The minimum absolute atomic E-state index is 0.0639. The number of hydrazine groups is 1. The maximum Gasteiger partial charge on any atom is 0.275 e. The summed E-state index contributed by atoms with van der Waals surface area (Å²) in [7, 11) is 1.83. The Labute approximate surface area is 258 Å². The lowest BCUT2D eigenvalue weighted by atomic mass is 9.81. The van der Waals surface area contributed by atoms with E-state index in [4.69, 9.17) is 28.2 Å². The van der Waals surface area contributed by atoms with Crippen molar-refractivity contribution in [3.05, 3.63) is 57.1 Å². The number of carbonyl (C=O) groups is 2. The molecule has 2 amide bonds. The summed E-state index contributed by atoms with van der Waals surface area (Å²) in [6.07, 6.45) is 11.7. The number of hydrogen-bond acceptors (Lipinski definition) is 7. The molecule has 1 aromatic carbocycles. The highest BCUT2D eigenvalue weighted by Crippen LogP contribution is 2.44. The molecule has 0 radical (unpaired) electrons. The van der Waals surface area contributed by atoms with Gasteiger partial charge in [0.2, 0.25) is 5.91 Å². The Morgan fingerprint density at radius 3 is 2.43 bits per heavy atom. The summed E-state index contributed by atoms with van der Waals surface area (Å²) >= 11 is 12.7. The van der Waals surface area contributed by atoms with Crippen molar-refractivity contribution in [1.82, 2.24) is 20.8 Å². The van der Waals surface area contributed by atoms with Crippen LogP contribution >= 0.6 is 23.2 Å². The number of allylic oxidation sites excluding steroid dienone is 2.